The third kappa shape index (κ3) is 7.19. The maximum absolute atomic E-state index is 13.4. The van der Waals surface area contributed by atoms with Crippen LogP contribution in [0.1, 0.15) is 43.2 Å². The number of fused-ring (bicyclic) bond motifs is 1. The SMILES string of the molecule is NCCCC[C@H](NC(=O)[C@@H]1CCCN1C(=O)Cc1cccc2ccccc12)C(=O)NCCc1ccccc1. The van der Waals surface area contributed by atoms with Gasteiger partial charge in [0.05, 0.1) is 6.42 Å². The quantitative estimate of drug-likeness (QED) is 0.323. The largest absolute Gasteiger partial charge is 0.354 e. The predicted octanol–water partition coefficient (Wildman–Crippen LogP) is 3.35. The lowest BCUT2D eigenvalue weighted by Crippen LogP contribution is -2.53. The van der Waals surface area contributed by atoms with Gasteiger partial charge in [0, 0.05) is 13.1 Å². The van der Waals surface area contributed by atoms with E-state index in [0.29, 0.717) is 32.5 Å². The lowest BCUT2D eigenvalue weighted by molar-refractivity contribution is -0.139. The number of nitrogens with zero attached hydrogens (tertiary/aromatic N) is 1. The number of carbonyl (C=O) groups excluding carboxylic acids is 3. The number of nitrogens with two attached hydrogens (primary N) is 1. The molecule has 0 saturated carbocycles. The summed E-state index contributed by atoms with van der Waals surface area (Å²) in [5.41, 5.74) is 7.75. The topological polar surface area (TPSA) is 105 Å². The molecule has 0 aromatic heterocycles. The highest BCUT2D eigenvalue weighted by Gasteiger charge is 2.35. The number of unbranched alkanes of at least 4 members (excludes halogenated alkanes) is 1. The second-order valence-electron chi connectivity index (χ2n) is 9.93. The number of nitrogens with one attached hydrogen (secondary N) is 2. The molecule has 7 nitrogen and oxygen atoms in total. The summed E-state index contributed by atoms with van der Waals surface area (Å²) in [7, 11) is 0. The molecule has 200 valence electrons. The van der Waals surface area contributed by atoms with Crippen molar-refractivity contribution in [2.45, 2.75) is 57.0 Å². The Morgan fingerprint density at radius 2 is 1.71 bits per heavy atom. The molecule has 38 heavy (non-hydrogen) atoms. The molecule has 4 N–H and O–H groups in total. The molecule has 2 atom stereocenters. The molecule has 3 aromatic rings. The highest BCUT2D eigenvalue weighted by Crippen LogP contribution is 2.23. The van der Waals surface area contributed by atoms with Crippen LogP contribution in [0.2, 0.25) is 0 Å². The second-order valence-corrected chi connectivity index (χ2v) is 9.93. The summed E-state index contributed by atoms with van der Waals surface area (Å²) in [5, 5.41) is 8.07. The molecular weight excluding hydrogens is 476 g/mol. The Bertz CT molecular complexity index is 1220. The lowest BCUT2D eigenvalue weighted by Gasteiger charge is -2.27. The third-order valence-electron chi connectivity index (χ3n) is 7.23. The van der Waals surface area contributed by atoms with Gasteiger partial charge in [0.2, 0.25) is 17.7 Å². The van der Waals surface area contributed by atoms with Crippen LogP contribution in [0.5, 0.6) is 0 Å². The van der Waals surface area contributed by atoms with Crippen LogP contribution in [0.25, 0.3) is 10.8 Å². The second kappa shape index (κ2) is 13.7. The zero-order valence-corrected chi connectivity index (χ0v) is 21.9. The molecule has 0 unspecified atom stereocenters. The van der Waals surface area contributed by atoms with Crippen LogP contribution in [-0.2, 0) is 27.2 Å². The molecule has 3 aromatic carbocycles. The van der Waals surface area contributed by atoms with Gasteiger partial charge in [-0.15, -0.1) is 0 Å². The van der Waals surface area contributed by atoms with Crippen molar-refractivity contribution in [3.8, 4) is 0 Å². The first kappa shape index (κ1) is 27.3. The Kier molecular flexibility index (Phi) is 9.87. The number of likely N-dealkylation sites (tertiary alicyclic amines) is 1. The molecule has 1 saturated heterocycles. The summed E-state index contributed by atoms with van der Waals surface area (Å²) in [5.74, 6) is -0.520. The lowest BCUT2D eigenvalue weighted by atomic mass is 10.0. The van der Waals surface area contributed by atoms with Crippen LogP contribution >= 0.6 is 0 Å². The molecular formula is C31H38N4O3. The van der Waals surface area contributed by atoms with Crippen LogP contribution in [0.3, 0.4) is 0 Å². The maximum atomic E-state index is 13.4. The predicted molar refractivity (Wildman–Crippen MR) is 150 cm³/mol. The van der Waals surface area contributed by atoms with Crippen molar-refractivity contribution >= 4 is 28.5 Å². The third-order valence-corrected chi connectivity index (χ3v) is 7.23. The van der Waals surface area contributed by atoms with Gasteiger partial charge in [0.25, 0.3) is 0 Å². The number of amides is 3. The number of hydrogen-bond acceptors (Lipinski definition) is 4. The van der Waals surface area contributed by atoms with Gasteiger partial charge >= 0.3 is 0 Å². The first-order valence-electron chi connectivity index (χ1n) is 13.6. The van der Waals surface area contributed by atoms with Gasteiger partial charge in [0.1, 0.15) is 12.1 Å². The van der Waals surface area contributed by atoms with E-state index in [1.807, 2.05) is 72.8 Å². The van der Waals surface area contributed by atoms with Gasteiger partial charge in [-0.1, -0.05) is 72.8 Å². The monoisotopic (exact) mass is 514 g/mol. The van der Waals surface area contributed by atoms with Gasteiger partial charge in [-0.05, 0) is 67.0 Å². The van der Waals surface area contributed by atoms with Gasteiger partial charge in [-0.25, -0.2) is 0 Å². The first-order chi connectivity index (χ1) is 18.6. The minimum Gasteiger partial charge on any atom is -0.354 e. The molecule has 0 radical (unpaired) electrons. The Hall–Kier alpha value is -3.71. The number of hydrogen-bond donors (Lipinski definition) is 3. The number of carbonyl (C=O) groups is 3. The van der Waals surface area contributed by atoms with Gasteiger partial charge in [-0.2, -0.15) is 0 Å². The zero-order valence-electron chi connectivity index (χ0n) is 21.9. The van der Waals surface area contributed by atoms with E-state index in [0.717, 1.165) is 47.6 Å². The minimum atomic E-state index is -0.652. The Balaban J connectivity index is 1.37. The van der Waals surface area contributed by atoms with Gasteiger partial charge in [0.15, 0.2) is 0 Å². The fourth-order valence-electron chi connectivity index (χ4n) is 5.18. The van der Waals surface area contributed by atoms with Crippen molar-refractivity contribution in [1.82, 2.24) is 15.5 Å². The summed E-state index contributed by atoms with van der Waals surface area (Å²) < 4.78 is 0. The smallest absolute Gasteiger partial charge is 0.243 e. The van der Waals surface area contributed by atoms with Crippen LogP contribution < -0.4 is 16.4 Å². The van der Waals surface area contributed by atoms with E-state index in [1.54, 1.807) is 4.90 Å². The van der Waals surface area contributed by atoms with Crippen LogP contribution in [0, 0.1) is 0 Å². The average molecular weight is 515 g/mol. The summed E-state index contributed by atoms with van der Waals surface area (Å²) in [6.07, 6.45) is 4.35. The average Bonchev–Trinajstić information content (AvgIpc) is 3.44. The van der Waals surface area contributed by atoms with Gasteiger partial charge < -0.3 is 21.3 Å². The molecule has 1 fully saturated rings. The minimum absolute atomic E-state index is 0.0639. The Morgan fingerprint density at radius 3 is 2.53 bits per heavy atom. The summed E-state index contributed by atoms with van der Waals surface area (Å²) in [4.78, 5) is 41.4. The van der Waals surface area contributed by atoms with Crippen molar-refractivity contribution in [2.75, 3.05) is 19.6 Å². The number of rotatable bonds is 12. The summed E-state index contributed by atoms with van der Waals surface area (Å²) >= 11 is 0. The van der Waals surface area contributed by atoms with E-state index >= 15 is 0 Å². The molecule has 0 spiro atoms. The normalized spacial score (nSPS) is 15.8. The molecule has 1 aliphatic rings. The highest BCUT2D eigenvalue weighted by atomic mass is 16.2. The van der Waals surface area contributed by atoms with E-state index in [4.69, 9.17) is 5.73 Å². The molecule has 7 heteroatoms. The summed E-state index contributed by atoms with van der Waals surface area (Å²) in [6, 6.07) is 22.7. The van der Waals surface area contributed by atoms with Crippen LogP contribution in [0.15, 0.2) is 72.8 Å². The van der Waals surface area contributed by atoms with Crippen molar-refractivity contribution in [1.29, 1.82) is 0 Å². The Labute approximate surface area is 224 Å². The maximum Gasteiger partial charge on any atom is 0.243 e. The summed E-state index contributed by atoms with van der Waals surface area (Å²) in [6.45, 7) is 1.57. The molecule has 0 bridgehead atoms. The molecule has 3 amide bonds. The molecule has 4 rings (SSSR count). The van der Waals surface area contributed by atoms with E-state index in [2.05, 4.69) is 10.6 Å². The first-order valence-corrected chi connectivity index (χ1v) is 13.6. The van der Waals surface area contributed by atoms with Crippen LogP contribution in [-0.4, -0.2) is 54.3 Å². The van der Waals surface area contributed by atoms with E-state index < -0.39 is 12.1 Å². The van der Waals surface area contributed by atoms with Crippen molar-refractivity contribution in [3.63, 3.8) is 0 Å². The zero-order chi connectivity index (χ0) is 26.7. The van der Waals surface area contributed by atoms with E-state index in [9.17, 15) is 14.4 Å². The fourth-order valence-corrected chi connectivity index (χ4v) is 5.18. The standard InChI is InChI=1S/C31H38N4O3/c32-19-7-6-16-27(30(37)33-20-18-23-10-2-1-3-11-23)34-31(38)28-17-9-21-35(28)29(36)22-25-14-8-13-24-12-4-5-15-26(24)25/h1-5,8,10-15,27-28H,6-7,9,16-22,32H2,(H,33,37)(H,34,38)/t27-,28-/m0/s1. The van der Waals surface area contributed by atoms with E-state index in [-0.39, 0.29) is 24.1 Å². The van der Waals surface area contributed by atoms with Crippen molar-refractivity contribution in [2.24, 2.45) is 5.73 Å². The molecule has 0 aliphatic carbocycles. The number of benzene rings is 3. The molecule has 1 aliphatic heterocycles. The van der Waals surface area contributed by atoms with Crippen molar-refractivity contribution < 1.29 is 14.4 Å². The molecule has 1 heterocycles. The highest BCUT2D eigenvalue weighted by molar-refractivity contribution is 5.94. The van der Waals surface area contributed by atoms with Gasteiger partial charge in [-0.3, -0.25) is 14.4 Å². The van der Waals surface area contributed by atoms with E-state index in [1.165, 1.54) is 0 Å². The fraction of sp³-hybridized carbons (Fsp3) is 0.387. The Morgan fingerprint density at radius 1 is 0.947 bits per heavy atom. The van der Waals surface area contributed by atoms with Crippen molar-refractivity contribution in [3.05, 3.63) is 83.9 Å². The van der Waals surface area contributed by atoms with Crippen LogP contribution in [0.4, 0.5) is 0 Å².